The number of imidazole rings is 1. The number of aromatic nitrogens is 3. The quantitative estimate of drug-likeness (QED) is 0.801. The van der Waals surface area contributed by atoms with Crippen LogP contribution in [0, 0.1) is 13.8 Å². The Morgan fingerprint density at radius 2 is 1.82 bits per heavy atom. The van der Waals surface area contributed by atoms with E-state index in [0.717, 1.165) is 35.4 Å². The summed E-state index contributed by atoms with van der Waals surface area (Å²) in [6.07, 6.45) is 4.55. The Hall–Kier alpha value is -2.20. The van der Waals surface area contributed by atoms with Gasteiger partial charge in [-0.3, -0.25) is 4.98 Å². The first-order chi connectivity index (χ1) is 10.6. The number of rotatable bonds is 4. The van der Waals surface area contributed by atoms with Crippen molar-refractivity contribution < 1.29 is 0 Å². The molecule has 4 nitrogen and oxygen atoms in total. The summed E-state index contributed by atoms with van der Waals surface area (Å²) in [6, 6.07) is 8.48. The highest BCUT2D eigenvalue weighted by Gasteiger charge is 2.15. The summed E-state index contributed by atoms with van der Waals surface area (Å²) < 4.78 is 2.24. The maximum absolute atomic E-state index is 6.21. The highest BCUT2D eigenvalue weighted by atomic mass is 15.1. The Morgan fingerprint density at radius 1 is 1.14 bits per heavy atom. The van der Waals surface area contributed by atoms with Crippen molar-refractivity contribution in [3.05, 3.63) is 47.8 Å². The van der Waals surface area contributed by atoms with Gasteiger partial charge in [0.05, 0.1) is 11.0 Å². The first-order valence-corrected chi connectivity index (χ1v) is 7.73. The zero-order valence-electron chi connectivity index (χ0n) is 13.4. The van der Waals surface area contributed by atoms with Crippen molar-refractivity contribution >= 4 is 11.0 Å². The molecule has 22 heavy (non-hydrogen) atoms. The molecule has 3 rings (SSSR count). The number of fused-ring (bicyclic) bond motifs is 1. The standard InChI is InChI=1S/C18H22N4/c1-4-15(19)11-22-17-10-13(3)12(2)9-16(17)21-18(22)14-5-7-20-8-6-14/h5-10,15H,4,11,19H2,1-3H3. The molecule has 1 atom stereocenters. The van der Waals surface area contributed by atoms with Crippen LogP contribution in [0.4, 0.5) is 0 Å². The normalized spacial score (nSPS) is 12.7. The molecule has 0 aliphatic carbocycles. The highest BCUT2D eigenvalue weighted by molar-refractivity contribution is 5.82. The van der Waals surface area contributed by atoms with Crippen molar-refractivity contribution in [3.63, 3.8) is 0 Å². The van der Waals surface area contributed by atoms with Crippen LogP contribution in [0.5, 0.6) is 0 Å². The predicted octanol–water partition coefficient (Wildman–Crippen LogP) is 3.45. The van der Waals surface area contributed by atoms with Crippen molar-refractivity contribution in [2.45, 2.75) is 39.8 Å². The third-order valence-corrected chi connectivity index (χ3v) is 4.24. The molecular weight excluding hydrogens is 272 g/mol. The monoisotopic (exact) mass is 294 g/mol. The van der Waals surface area contributed by atoms with Gasteiger partial charge in [0.2, 0.25) is 0 Å². The minimum absolute atomic E-state index is 0.125. The molecule has 4 heteroatoms. The summed E-state index contributed by atoms with van der Waals surface area (Å²) in [5, 5.41) is 0. The van der Waals surface area contributed by atoms with E-state index in [1.807, 2.05) is 12.1 Å². The van der Waals surface area contributed by atoms with Gasteiger partial charge in [0.25, 0.3) is 0 Å². The molecule has 2 heterocycles. The fraction of sp³-hybridized carbons (Fsp3) is 0.333. The smallest absolute Gasteiger partial charge is 0.141 e. The Balaban J connectivity index is 2.23. The molecule has 0 spiro atoms. The molecular formula is C18H22N4. The molecule has 3 aromatic rings. The third-order valence-electron chi connectivity index (χ3n) is 4.24. The first kappa shape index (κ1) is 14.7. The first-order valence-electron chi connectivity index (χ1n) is 7.73. The number of pyridine rings is 1. The largest absolute Gasteiger partial charge is 0.326 e. The predicted molar refractivity (Wildman–Crippen MR) is 90.7 cm³/mol. The SMILES string of the molecule is CCC(N)Cn1c(-c2ccncc2)nc2cc(C)c(C)cc21. The van der Waals surface area contributed by atoms with Gasteiger partial charge in [-0.15, -0.1) is 0 Å². The van der Waals surface area contributed by atoms with E-state index in [2.05, 4.69) is 42.5 Å². The summed E-state index contributed by atoms with van der Waals surface area (Å²) in [6.45, 7) is 7.15. The Kier molecular flexibility index (Phi) is 3.94. The van der Waals surface area contributed by atoms with Gasteiger partial charge in [-0.05, 0) is 55.7 Å². The van der Waals surface area contributed by atoms with Crippen LogP contribution in [0.3, 0.4) is 0 Å². The number of aryl methyl sites for hydroxylation is 2. The molecule has 1 aromatic carbocycles. The fourth-order valence-electron chi connectivity index (χ4n) is 2.65. The Morgan fingerprint density at radius 3 is 2.50 bits per heavy atom. The van der Waals surface area contributed by atoms with Crippen LogP contribution < -0.4 is 5.73 Å². The van der Waals surface area contributed by atoms with E-state index in [1.54, 1.807) is 12.4 Å². The summed E-state index contributed by atoms with van der Waals surface area (Å²) in [5.41, 5.74) is 12.0. The van der Waals surface area contributed by atoms with Gasteiger partial charge in [0.15, 0.2) is 0 Å². The average Bonchev–Trinajstić information content (AvgIpc) is 2.86. The lowest BCUT2D eigenvalue weighted by atomic mass is 10.1. The van der Waals surface area contributed by atoms with Crippen molar-refractivity contribution in [1.29, 1.82) is 0 Å². The lowest BCUT2D eigenvalue weighted by Crippen LogP contribution is -2.25. The van der Waals surface area contributed by atoms with Crippen LogP contribution >= 0.6 is 0 Å². The molecule has 0 bridgehead atoms. The van der Waals surface area contributed by atoms with E-state index in [1.165, 1.54) is 11.1 Å². The van der Waals surface area contributed by atoms with Crippen LogP contribution in [0.25, 0.3) is 22.4 Å². The van der Waals surface area contributed by atoms with Gasteiger partial charge in [0, 0.05) is 30.5 Å². The molecule has 0 radical (unpaired) electrons. The Bertz CT molecular complexity index is 790. The van der Waals surface area contributed by atoms with Crippen LogP contribution in [0.1, 0.15) is 24.5 Å². The topological polar surface area (TPSA) is 56.7 Å². The van der Waals surface area contributed by atoms with Gasteiger partial charge in [-0.2, -0.15) is 0 Å². The molecule has 1 unspecified atom stereocenters. The van der Waals surface area contributed by atoms with Gasteiger partial charge in [-0.1, -0.05) is 6.92 Å². The zero-order chi connectivity index (χ0) is 15.7. The summed E-state index contributed by atoms with van der Waals surface area (Å²) in [7, 11) is 0. The minimum Gasteiger partial charge on any atom is -0.326 e. The lowest BCUT2D eigenvalue weighted by molar-refractivity contribution is 0.551. The van der Waals surface area contributed by atoms with E-state index in [0.29, 0.717) is 0 Å². The molecule has 0 aliphatic rings. The number of benzene rings is 1. The maximum Gasteiger partial charge on any atom is 0.141 e. The lowest BCUT2D eigenvalue weighted by Gasteiger charge is -2.14. The second-order valence-corrected chi connectivity index (χ2v) is 5.88. The molecule has 2 aromatic heterocycles. The molecule has 114 valence electrons. The second-order valence-electron chi connectivity index (χ2n) is 5.88. The Labute approximate surface area is 131 Å². The van der Waals surface area contributed by atoms with Crippen molar-refractivity contribution in [2.75, 3.05) is 0 Å². The van der Waals surface area contributed by atoms with Crippen molar-refractivity contribution in [1.82, 2.24) is 14.5 Å². The van der Waals surface area contributed by atoms with Crippen molar-refractivity contribution in [2.24, 2.45) is 5.73 Å². The zero-order valence-corrected chi connectivity index (χ0v) is 13.4. The van der Waals surface area contributed by atoms with Gasteiger partial charge < -0.3 is 10.3 Å². The van der Waals surface area contributed by atoms with E-state index in [4.69, 9.17) is 10.7 Å². The number of nitrogens with zero attached hydrogens (tertiary/aromatic N) is 3. The maximum atomic E-state index is 6.21. The van der Waals surface area contributed by atoms with E-state index < -0.39 is 0 Å². The van der Waals surface area contributed by atoms with Gasteiger partial charge >= 0.3 is 0 Å². The van der Waals surface area contributed by atoms with Crippen LogP contribution in [0.2, 0.25) is 0 Å². The molecule has 0 fully saturated rings. The highest BCUT2D eigenvalue weighted by Crippen LogP contribution is 2.27. The number of nitrogens with two attached hydrogens (primary N) is 1. The van der Waals surface area contributed by atoms with Crippen LogP contribution in [-0.4, -0.2) is 20.6 Å². The van der Waals surface area contributed by atoms with Gasteiger partial charge in [0.1, 0.15) is 5.82 Å². The molecule has 0 amide bonds. The number of hydrogen-bond donors (Lipinski definition) is 1. The third kappa shape index (κ3) is 2.62. The van der Waals surface area contributed by atoms with Gasteiger partial charge in [-0.25, -0.2) is 4.98 Å². The summed E-state index contributed by atoms with van der Waals surface area (Å²) in [5.74, 6) is 0.964. The van der Waals surface area contributed by atoms with Crippen LogP contribution in [0.15, 0.2) is 36.7 Å². The average molecular weight is 294 g/mol. The minimum atomic E-state index is 0.125. The molecule has 0 saturated heterocycles. The molecule has 0 saturated carbocycles. The molecule has 0 aliphatic heterocycles. The van der Waals surface area contributed by atoms with Crippen LogP contribution in [-0.2, 0) is 6.54 Å². The van der Waals surface area contributed by atoms with E-state index in [9.17, 15) is 0 Å². The van der Waals surface area contributed by atoms with E-state index >= 15 is 0 Å². The second kappa shape index (κ2) is 5.89. The molecule has 2 N–H and O–H groups in total. The summed E-state index contributed by atoms with van der Waals surface area (Å²) >= 11 is 0. The van der Waals surface area contributed by atoms with Crippen molar-refractivity contribution in [3.8, 4) is 11.4 Å². The fourth-order valence-corrected chi connectivity index (χ4v) is 2.65. The summed E-state index contributed by atoms with van der Waals surface area (Å²) in [4.78, 5) is 8.95. The van der Waals surface area contributed by atoms with E-state index in [-0.39, 0.29) is 6.04 Å². The number of hydrogen-bond acceptors (Lipinski definition) is 3.